The Hall–Kier alpha value is -2.18. The van der Waals surface area contributed by atoms with Gasteiger partial charge in [-0.05, 0) is 6.92 Å². The third-order valence-corrected chi connectivity index (χ3v) is 1.60. The van der Waals surface area contributed by atoms with Gasteiger partial charge in [0.25, 0.3) is 11.5 Å². The summed E-state index contributed by atoms with van der Waals surface area (Å²) in [5, 5.41) is 2.30. The van der Waals surface area contributed by atoms with Gasteiger partial charge in [0.1, 0.15) is 12.2 Å². The van der Waals surface area contributed by atoms with Crippen molar-refractivity contribution in [2.45, 2.75) is 6.92 Å². The fourth-order valence-corrected chi connectivity index (χ4v) is 0.921. The summed E-state index contributed by atoms with van der Waals surface area (Å²) in [7, 11) is 0. The van der Waals surface area contributed by atoms with Gasteiger partial charge >= 0.3 is 5.97 Å². The summed E-state index contributed by atoms with van der Waals surface area (Å²) in [5.41, 5.74) is -0.370. The van der Waals surface area contributed by atoms with Gasteiger partial charge in [-0.3, -0.25) is 14.4 Å². The summed E-state index contributed by atoms with van der Waals surface area (Å²) in [6, 6.07) is 0. The number of nitrogens with zero attached hydrogens (tertiary/aromatic N) is 1. The Morgan fingerprint density at radius 2 is 2.31 bits per heavy atom. The van der Waals surface area contributed by atoms with Crippen molar-refractivity contribution in [1.29, 1.82) is 0 Å². The maximum Gasteiger partial charge on any atom is 0.325 e. The van der Waals surface area contributed by atoms with Crippen molar-refractivity contribution in [3.8, 4) is 0 Å². The van der Waals surface area contributed by atoms with Gasteiger partial charge in [0.15, 0.2) is 0 Å². The molecule has 7 heteroatoms. The Kier molecular flexibility index (Phi) is 4.19. The van der Waals surface area contributed by atoms with Crippen LogP contribution in [-0.2, 0) is 9.53 Å². The molecule has 1 aromatic heterocycles. The van der Waals surface area contributed by atoms with Crippen molar-refractivity contribution in [2.75, 3.05) is 13.2 Å². The van der Waals surface area contributed by atoms with E-state index in [9.17, 15) is 14.4 Å². The van der Waals surface area contributed by atoms with Gasteiger partial charge in [0.2, 0.25) is 0 Å². The first kappa shape index (κ1) is 11.9. The highest BCUT2D eigenvalue weighted by atomic mass is 16.5. The standard InChI is InChI=1S/C9H11N3O4/c1-2-16-8(14)5-12-9(15)6-3-11-7(13)4-10-6/h3-4H,2,5H2,1H3,(H,11,13)(H,12,15). The monoisotopic (exact) mass is 225 g/mol. The number of aromatic nitrogens is 2. The molecule has 1 amide bonds. The van der Waals surface area contributed by atoms with Crippen molar-refractivity contribution in [1.82, 2.24) is 15.3 Å². The lowest BCUT2D eigenvalue weighted by molar-refractivity contribution is -0.141. The lowest BCUT2D eigenvalue weighted by Gasteiger charge is -2.03. The Morgan fingerprint density at radius 3 is 2.88 bits per heavy atom. The van der Waals surface area contributed by atoms with Crippen molar-refractivity contribution in [3.05, 3.63) is 28.4 Å². The van der Waals surface area contributed by atoms with Crippen LogP contribution in [0.2, 0.25) is 0 Å². The molecule has 1 heterocycles. The van der Waals surface area contributed by atoms with Crippen LogP contribution >= 0.6 is 0 Å². The molecular formula is C9H11N3O4. The van der Waals surface area contributed by atoms with Crippen LogP contribution in [0.15, 0.2) is 17.2 Å². The lowest BCUT2D eigenvalue weighted by atomic mass is 10.4. The summed E-state index contributed by atoms with van der Waals surface area (Å²) < 4.78 is 4.62. The number of esters is 1. The molecule has 0 aliphatic heterocycles. The van der Waals surface area contributed by atoms with Gasteiger partial charge in [0, 0.05) is 6.20 Å². The quantitative estimate of drug-likeness (QED) is 0.644. The highest BCUT2D eigenvalue weighted by Gasteiger charge is 2.09. The topological polar surface area (TPSA) is 101 Å². The molecular weight excluding hydrogens is 214 g/mol. The molecule has 2 N–H and O–H groups in total. The lowest BCUT2D eigenvalue weighted by Crippen LogP contribution is -2.31. The molecule has 0 aromatic carbocycles. The highest BCUT2D eigenvalue weighted by Crippen LogP contribution is 1.87. The number of hydrogen-bond acceptors (Lipinski definition) is 5. The zero-order chi connectivity index (χ0) is 12.0. The van der Waals surface area contributed by atoms with Crippen LogP contribution in [0.4, 0.5) is 0 Å². The molecule has 0 aliphatic carbocycles. The van der Waals surface area contributed by atoms with Crippen molar-refractivity contribution in [2.24, 2.45) is 0 Å². The molecule has 1 rings (SSSR count). The van der Waals surface area contributed by atoms with E-state index < -0.39 is 17.4 Å². The molecule has 0 bridgehead atoms. The first-order chi connectivity index (χ1) is 7.63. The second kappa shape index (κ2) is 5.64. The Bertz CT molecular complexity index is 420. The van der Waals surface area contributed by atoms with Gasteiger partial charge in [-0.2, -0.15) is 0 Å². The number of amides is 1. The first-order valence-corrected chi connectivity index (χ1v) is 4.62. The van der Waals surface area contributed by atoms with E-state index in [0.29, 0.717) is 0 Å². The molecule has 0 atom stereocenters. The molecule has 0 unspecified atom stereocenters. The molecule has 0 spiro atoms. The number of aromatic amines is 1. The number of ether oxygens (including phenoxy) is 1. The summed E-state index contributed by atoms with van der Waals surface area (Å²) in [6.45, 7) is 1.70. The van der Waals surface area contributed by atoms with Gasteiger partial charge in [0.05, 0.1) is 12.8 Å². The van der Waals surface area contributed by atoms with E-state index in [1.54, 1.807) is 6.92 Å². The van der Waals surface area contributed by atoms with Gasteiger partial charge < -0.3 is 15.0 Å². The maximum absolute atomic E-state index is 11.4. The zero-order valence-electron chi connectivity index (χ0n) is 8.65. The number of hydrogen-bond donors (Lipinski definition) is 2. The molecule has 0 aliphatic rings. The normalized spacial score (nSPS) is 9.56. The molecule has 0 saturated heterocycles. The third kappa shape index (κ3) is 3.52. The number of carbonyl (C=O) groups excluding carboxylic acids is 2. The van der Waals surface area contributed by atoms with E-state index in [1.165, 1.54) is 6.20 Å². The summed E-state index contributed by atoms with van der Waals surface area (Å²) >= 11 is 0. The molecule has 1 aromatic rings. The summed E-state index contributed by atoms with van der Waals surface area (Å²) in [6.07, 6.45) is 2.15. The van der Waals surface area contributed by atoms with E-state index in [1.807, 2.05) is 0 Å². The van der Waals surface area contributed by atoms with E-state index >= 15 is 0 Å². The maximum atomic E-state index is 11.4. The van der Waals surface area contributed by atoms with Crippen molar-refractivity contribution >= 4 is 11.9 Å². The second-order valence-corrected chi connectivity index (χ2v) is 2.78. The molecule has 0 radical (unpaired) electrons. The number of carbonyl (C=O) groups is 2. The minimum atomic E-state index is -0.552. The fourth-order valence-electron chi connectivity index (χ4n) is 0.921. The zero-order valence-corrected chi connectivity index (χ0v) is 8.65. The number of nitrogens with one attached hydrogen (secondary N) is 2. The molecule has 7 nitrogen and oxygen atoms in total. The second-order valence-electron chi connectivity index (χ2n) is 2.78. The summed E-state index contributed by atoms with van der Waals surface area (Å²) in [4.78, 5) is 38.8. The SMILES string of the molecule is CCOC(=O)CNC(=O)c1c[nH]c(=O)cn1. The van der Waals surface area contributed by atoms with Crippen LogP contribution in [-0.4, -0.2) is 35.0 Å². The van der Waals surface area contributed by atoms with Crippen LogP contribution in [0.5, 0.6) is 0 Å². The minimum absolute atomic E-state index is 0.0314. The van der Waals surface area contributed by atoms with Crippen LogP contribution in [0.1, 0.15) is 17.4 Å². The Balaban J connectivity index is 2.50. The van der Waals surface area contributed by atoms with E-state index in [0.717, 1.165) is 6.20 Å². The van der Waals surface area contributed by atoms with E-state index in [4.69, 9.17) is 0 Å². The summed E-state index contributed by atoms with van der Waals surface area (Å²) in [5.74, 6) is -1.08. The fraction of sp³-hybridized carbons (Fsp3) is 0.333. The third-order valence-electron chi connectivity index (χ3n) is 1.60. The predicted molar refractivity (Wildman–Crippen MR) is 53.8 cm³/mol. The predicted octanol–water partition coefficient (Wildman–Crippen LogP) is -0.937. The highest BCUT2D eigenvalue weighted by molar-refractivity contribution is 5.93. The molecule has 86 valence electrons. The molecule has 0 fully saturated rings. The smallest absolute Gasteiger partial charge is 0.325 e. The Labute approximate surface area is 90.8 Å². The van der Waals surface area contributed by atoms with Crippen LogP contribution in [0, 0.1) is 0 Å². The van der Waals surface area contributed by atoms with Gasteiger partial charge in [-0.15, -0.1) is 0 Å². The first-order valence-electron chi connectivity index (χ1n) is 4.62. The van der Waals surface area contributed by atoms with Crippen LogP contribution < -0.4 is 10.9 Å². The largest absolute Gasteiger partial charge is 0.465 e. The van der Waals surface area contributed by atoms with E-state index in [-0.39, 0.29) is 18.8 Å². The van der Waals surface area contributed by atoms with Crippen molar-refractivity contribution < 1.29 is 14.3 Å². The average Bonchev–Trinajstić information content (AvgIpc) is 2.27. The van der Waals surface area contributed by atoms with Crippen LogP contribution in [0.25, 0.3) is 0 Å². The average molecular weight is 225 g/mol. The van der Waals surface area contributed by atoms with Gasteiger partial charge in [-0.25, -0.2) is 4.98 Å². The number of H-pyrrole nitrogens is 1. The van der Waals surface area contributed by atoms with Crippen molar-refractivity contribution in [3.63, 3.8) is 0 Å². The van der Waals surface area contributed by atoms with E-state index in [2.05, 4.69) is 20.0 Å². The molecule has 0 saturated carbocycles. The van der Waals surface area contributed by atoms with Crippen LogP contribution in [0.3, 0.4) is 0 Å². The van der Waals surface area contributed by atoms with Gasteiger partial charge in [-0.1, -0.05) is 0 Å². The minimum Gasteiger partial charge on any atom is -0.465 e. The Morgan fingerprint density at radius 1 is 1.56 bits per heavy atom. The number of rotatable bonds is 4. The molecule has 16 heavy (non-hydrogen) atoms.